The Bertz CT molecular complexity index is 1310. The van der Waals surface area contributed by atoms with Crippen LogP contribution in [-0.2, 0) is 22.5 Å². The van der Waals surface area contributed by atoms with Gasteiger partial charge in [-0.1, -0.05) is 24.3 Å². The summed E-state index contributed by atoms with van der Waals surface area (Å²) in [7, 11) is 2.00. The summed E-state index contributed by atoms with van der Waals surface area (Å²) in [4.78, 5) is 39.3. The van der Waals surface area contributed by atoms with Crippen LogP contribution in [0.4, 0.5) is 13.2 Å². The van der Waals surface area contributed by atoms with Crippen molar-refractivity contribution < 1.29 is 47.2 Å². The smallest absolute Gasteiger partial charge is 0.490 e. The van der Waals surface area contributed by atoms with Crippen molar-refractivity contribution in [3.63, 3.8) is 0 Å². The number of carboxylic acids is 1. The van der Waals surface area contributed by atoms with E-state index in [0.717, 1.165) is 25.8 Å². The first kappa shape index (κ1) is 32.2. The Hall–Kier alpha value is -3.68. The summed E-state index contributed by atoms with van der Waals surface area (Å²) < 4.78 is 43.1. The molecule has 2 aromatic carbocycles. The maximum absolute atomic E-state index is 13.3. The molecule has 5 rings (SSSR count). The minimum atomic E-state index is -5.08. The summed E-state index contributed by atoms with van der Waals surface area (Å²) in [5, 5.41) is 20.9. The molecular weight excluding hydrogens is 571 g/mol. The zero-order valence-corrected chi connectivity index (χ0v) is 24.0. The lowest BCUT2D eigenvalue weighted by Gasteiger charge is -2.37. The number of carbonyl (C=O) groups excluding carboxylic acids is 2. The largest absolute Gasteiger partial charge is 0.493 e. The molecule has 10 nitrogen and oxygen atoms in total. The minimum absolute atomic E-state index is 0.0465. The second-order valence-corrected chi connectivity index (χ2v) is 10.8. The van der Waals surface area contributed by atoms with Crippen molar-refractivity contribution in [3.8, 4) is 5.75 Å². The SMILES string of the molecule is CCOc1cc(C(=O)N2C3CCC2COC3)ccc1C(=O)NCC(O)C1Cc2ccccc2CN1C.O=C(O)C(F)(F)F. The van der Waals surface area contributed by atoms with Crippen LogP contribution in [0, 0.1) is 0 Å². The molecule has 2 bridgehead atoms. The van der Waals surface area contributed by atoms with E-state index in [9.17, 15) is 27.9 Å². The Morgan fingerprint density at radius 1 is 1.09 bits per heavy atom. The zero-order valence-electron chi connectivity index (χ0n) is 24.0. The van der Waals surface area contributed by atoms with Gasteiger partial charge in [0.15, 0.2) is 0 Å². The third kappa shape index (κ3) is 7.64. The highest BCUT2D eigenvalue weighted by atomic mass is 19.4. The van der Waals surface area contributed by atoms with Crippen molar-refractivity contribution in [2.75, 3.05) is 33.4 Å². The van der Waals surface area contributed by atoms with Crippen LogP contribution in [0.2, 0.25) is 0 Å². The molecule has 13 heteroatoms. The predicted octanol–water partition coefficient (Wildman–Crippen LogP) is 2.87. The molecule has 2 aromatic rings. The number of benzene rings is 2. The number of hydrogen-bond acceptors (Lipinski definition) is 7. The van der Waals surface area contributed by atoms with Gasteiger partial charge in [-0.05, 0) is 62.6 Å². The summed E-state index contributed by atoms with van der Waals surface area (Å²) in [6.07, 6.45) is -3.16. The van der Waals surface area contributed by atoms with Crippen LogP contribution in [0.5, 0.6) is 5.75 Å². The first-order valence-corrected chi connectivity index (χ1v) is 14.1. The van der Waals surface area contributed by atoms with Crippen molar-refractivity contribution in [3.05, 3.63) is 64.7 Å². The summed E-state index contributed by atoms with van der Waals surface area (Å²) >= 11 is 0. The average molecular weight is 608 g/mol. The molecule has 3 aliphatic rings. The van der Waals surface area contributed by atoms with E-state index in [4.69, 9.17) is 19.4 Å². The summed E-state index contributed by atoms with van der Waals surface area (Å²) in [6, 6.07) is 13.4. The number of amides is 2. The van der Waals surface area contributed by atoms with Crippen LogP contribution in [0.15, 0.2) is 42.5 Å². The van der Waals surface area contributed by atoms with E-state index in [-0.39, 0.29) is 36.5 Å². The summed E-state index contributed by atoms with van der Waals surface area (Å²) in [6.45, 7) is 4.25. The number of rotatable bonds is 7. The Labute approximate surface area is 247 Å². The van der Waals surface area contributed by atoms with Crippen molar-refractivity contribution in [2.24, 2.45) is 0 Å². The summed E-state index contributed by atoms with van der Waals surface area (Å²) in [5.74, 6) is -2.76. The highest BCUT2D eigenvalue weighted by Crippen LogP contribution is 2.32. The van der Waals surface area contributed by atoms with Gasteiger partial charge in [0.2, 0.25) is 0 Å². The van der Waals surface area contributed by atoms with E-state index in [2.05, 4.69) is 22.3 Å². The molecule has 3 N–H and O–H groups in total. The first-order chi connectivity index (χ1) is 20.4. The number of nitrogens with one attached hydrogen (secondary N) is 1. The molecule has 3 heterocycles. The van der Waals surface area contributed by atoms with E-state index in [1.165, 1.54) is 11.1 Å². The van der Waals surface area contributed by atoms with Crippen LogP contribution >= 0.6 is 0 Å². The number of nitrogens with zero attached hydrogens (tertiary/aromatic N) is 2. The van der Waals surface area contributed by atoms with Gasteiger partial charge in [0.1, 0.15) is 5.75 Å². The zero-order chi connectivity index (χ0) is 31.3. The van der Waals surface area contributed by atoms with Gasteiger partial charge in [-0.25, -0.2) is 4.79 Å². The molecule has 2 saturated heterocycles. The Kier molecular flexibility index (Phi) is 10.3. The van der Waals surface area contributed by atoms with E-state index < -0.39 is 18.2 Å². The minimum Gasteiger partial charge on any atom is -0.493 e. The molecular formula is C30H36F3N3O7. The maximum Gasteiger partial charge on any atom is 0.490 e. The normalized spacial score (nSPS) is 22.1. The van der Waals surface area contributed by atoms with Gasteiger partial charge in [-0.15, -0.1) is 0 Å². The second-order valence-electron chi connectivity index (χ2n) is 10.8. The number of aliphatic hydroxyl groups excluding tert-OH is 1. The van der Waals surface area contributed by atoms with Gasteiger partial charge in [-0.2, -0.15) is 13.2 Å². The maximum atomic E-state index is 13.3. The standard InChI is InChI=1S/C28H35N3O5.C2HF3O2/c1-3-36-26-13-19(28(34)31-21-9-10-22(31)17-35-16-21)8-11-23(26)27(33)29-14-25(32)24-12-18-6-4-5-7-20(18)15-30(24)2;3-2(4,5)1(6)7/h4-8,11,13,21-22,24-25,32H,3,9-10,12,14-17H2,1-2H3,(H,29,33);(H,6,7). The molecule has 0 radical (unpaired) electrons. The molecule has 0 spiro atoms. The quantitative estimate of drug-likeness (QED) is 0.439. The lowest BCUT2D eigenvalue weighted by molar-refractivity contribution is -0.192. The number of halogens is 3. The highest BCUT2D eigenvalue weighted by Gasteiger charge is 2.41. The third-order valence-corrected chi connectivity index (χ3v) is 7.94. The monoisotopic (exact) mass is 607 g/mol. The third-order valence-electron chi connectivity index (χ3n) is 7.94. The van der Waals surface area contributed by atoms with Crippen LogP contribution < -0.4 is 10.1 Å². The lowest BCUT2D eigenvalue weighted by atomic mass is 9.91. The van der Waals surface area contributed by atoms with E-state index in [0.29, 0.717) is 36.7 Å². The highest BCUT2D eigenvalue weighted by molar-refractivity contribution is 6.00. The predicted molar refractivity (Wildman–Crippen MR) is 149 cm³/mol. The van der Waals surface area contributed by atoms with Gasteiger partial charge in [-0.3, -0.25) is 14.5 Å². The van der Waals surface area contributed by atoms with Crippen LogP contribution in [0.1, 0.15) is 51.6 Å². The van der Waals surface area contributed by atoms with Gasteiger partial charge >= 0.3 is 12.1 Å². The van der Waals surface area contributed by atoms with Crippen molar-refractivity contribution >= 4 is 17.8 Å². The number of aliphatic hydroxyl groups is 1. The number of carbonyl (C=O) groups is 3. The molecule has 0 aliphatic carbocycles. The number of ether oxygens (including phenoxy) is 2. The molecule has 4 atom stereocenters. The molecule has 43 heavy (non-hydrogen) atoms. The number of likely N-dealkylation sites (N-methyl/N-ethyl adjacent to an activating group) is 1. The average Bonchev–Trinajstić information content (AvgIpc) is 3.22. The number of hydrogen-bond donors (Lipinski definition) is 3. The lowest BCUT2D eigenvalue weighted by Crippen LogP contribution is -2.50. The van der Waals surface area contributed by atoms with Gasteiger partial charge < -0.3 is 29.9 Å². The van der Waals surface area contributed by atoms with Crippen LogP contribution in [0.25, 0.3) is 0 Å². The molecule has 0 aromatic heterocycles. The topological polar surface area (TPSA) is 129 Å². The van der Waals surface area contributed by atoms with E-state index in [1.807, 2.05) is 31.0 Å². The van der Waals surface area contributed by atoms with Gasteiger partial charge in [0.05, 0.1) is 43.6 Å². The Balaban J connectivity index is 0.000000541. The fourth-order valence-electron chi connectivity index (χ4n) is 5.76. The molecule has 2 amide bonds. The molecule has 4 unspecified atom stereocenters. The second kappa shape index (κ2) is 13.7. The van der Waals surface area contributed by atoms with Crippen LogP contribution in [0.3, 0.4) is 0 Å². The number of aliphatic carboxylic acids is 1. The fraction of sp³-hybridized carbons (Fsp3) is 0.500. The van der Waals surface area contributed by atoms with Gasteiger partial charge in [0, 0.05) is 24.7 Å². The molecule has 2 fully saturated rings. The van der Waals surface area contributed by atoms with Crippen LogP contribution in [-0.4, -0.2) is 102 Å². The number of morpholine rings is 1. The van der Waals surface area contributed by atoms with Gasteiger partial charge in [0.25, 0.3) is 11.8 Å². The Morgan fingerprint density at radius 2 is 1.72 bits per heavy atom. The van der Waals surface area contributed by atoms with E-state index >= 15 is 0 Å². The van der Waals surface area contributed by atoms with Crippen molar-refractivity contribution in [2.45, 2.75) is 63.1 Å². The molecule has 234 valence electrons. The number of fused-ring (bicyclic) bond motifs is 3. The number of alkyl halides is 3. The summed E-state index contributed by atoms with van der Waals surface area (Å²) in [5.41, 5.74) is 3.37. The first-order valence-electron chi connectivity index (χ1n) is 14.1. The van der Waals surface area contributed by atoms with Crippen molar-refractivity contribution in [1.29, 1.82) is 0 Å². The number of carboxylic acid groups (broad SMARTS) is 1. The van der Waals surface area contributed by atoms with Crippen molar-refractivity contribution in [1.82, 2.24) is 15.1 Å². The molecule has 3 aliphatic heterocycles. The molecule has 0 saturated carbocycles. The van der Waals surface area contributed by atoms with E-state index in [1.54, 1.807) is 18.2 Å². The fourth-order valence-corrected chi connectivity index (χ4v) is 5.76. The Morgan fingerprint density at radius 3 is 2.33 bits per heavy atom.